The van der Waals surface area contributed by atoms with Crippen molar-refractivity contribution in [2.24, 2.45) is 0 Å². The van der Waals surface area contributed by atoms with Gasteiger partial charge in [0, 0.05) is 0 Å². The number of aromatic nitrogens is 4. The van der Waals surface area contributed by atoms with Crippen LogP contribution in [-0.4, -0.2) is 33.1 Å². The second-order valence-corrected chi connectivity index (χ2v) is 4.90. The van der Waals surface area contributed by atoms with E-state index in [2.05, 4.69) is 20.2 Å². The summed E-state index contributed by atoms with van der Waals surface area (Å²) < 4.78 is 29.2. The smallest absolute Gasteiger partial charge is 0.282 e. The number of rotatable bonds is 1. The molecule has 7 nitrogen and oxygen atoms in total. The number of nitrogens with zero attached hydrogens (tertiary/aromatic N) is 3. The molecule has 0 radical (unpaired) electrons. The predicted octanol–water partition coefficient (Wildman–Crippen LogP) is 1.29. The van der Waals surface area contributed by atoms with Crippen LogP contribution in [0.3, 0.4) is 0 Å². The number of H-pyrrole nitrogens is 1. The highest BCUT2D eigenvalue weighted by molar-refractivity contribution is 7.85. The van der Waals surface area contributed by atoms with Gasteiger partial charge in [-0.3, -0.25) is 9.65 Å². The highest BCUT2D eigenvalue weighted by atomic mass is 32.2. The van der Waals surface area contributed by atoms with Gasteiger partial charge in [-0.15, -0.1) is 0 Å². The van der Waals surface area contributed by atoms with Gasteiger partial charge in [-0.25, -0.2) is 9.97 Å². The summed E-state index contributed by atoms with van der Waals surface area (Å²) in [5, 5.41) is 6.52. The molecule has 2 N–H and O–H groups in total. The van der Waals surface area contributed by atoms with E-state index in [1.54, 1.807) is 30.6 Å². The molecule has 0 saturated carbocycles. The molecule has 8 heteroatoms. The Kier molecular flexibility index (Phi) is 3.83. The van der Waals surface area contributed by atoms with Crippen LogP contribution in [0.1, 0.15) is 0 Å². The molecule has 0 aliphatic rings. The van der Waals surface area contributed by atoms with Crippen LogP contribution in [0.5, 0.6) is 0 Å². The third kappa shape index (κ3) is 3.57. The predicted molar refractivity (Wildman–Crippen MR) is 67.9 cm³/mol. The molecule has 0 saturated heterocycles. The standard InChI is InChI=1S/C6H6O3S.C5H4N4/c7-10(8,9)6-4-2-1-3-5-6;1-5-4(2-8-9-5)7-3-6-1/h1-5H,(H,7,8,9);1-3H,(H,8,9). The fourth-order valence-electron chi connectivity index (χ4n) is 1.28. The monoisotopic (exact) mass is 278 g/mol. The van der Waals surface area contributed by atoms with E-state index >= 15 is 0 Å². The molecule has 0 amide bonds. The molecular weight excluding hydrogens is 268 g/mol. The number of benzene rings is 1. The average molecular weight is 278 g/mol. The van der Waals surface area contributed by atoms with E-state index in [9.17, 15) is 8.42 Å². The van der Waals surface area contributed by atoms with Crippen LogP contribution in [0.4, 0.5) is 0 Å². The normalized spacial score (nSPS) is 10.8. The molecule has 1 aromatic carbocycles. The average Bonchev–Trinajstić information content (AvgIpc) is 2.88. The molecular formula is C11H10N4O3S. The first-order chi connectivity index (χ1) is 9.07. The van der Waals surface area contributed by atoms with Crippen LogP contribution in [0.25, 0.3) is 11.0 Å². The third-order valence-electron chi connectivity index (χ3n) is 2.16. The maximum absolute atomic E-state index is 10.4. The van der Waals surface area contributed by atoms with Gasteiger partial charge in [0.15, 0.2) is 0 Å². The first-order valence-electron chi connectivity index (χ1n) is 5.19. The van der Waals surface area contributed by atoms with E-state index in [4.69, 9.17) is 4.55 Å². The second kappa shape index (κ2) is 5.55. The number of aromatic amines is 1. The van der Waals surface area contributed by atoms with E-state index in [1.807, 2.05) is 0 Å². The molecule has 0 aliphatic carbocycles. The van der Waals surface area contributed by atoms with Gasteiger partial charge in [-0.2, -0.15) is 13.5 Å². The molecule has 98 valence electrons. The lowest BCUT2D eigenvalue weighted by molar-refractivity contribution is 0.483. The van der Waals surface area contributed by atoms with Gasteiger partial charge in [0.05, 0.1) is 17.3 Å². The van der Waals surface area contributed by atoms with Gasteiger partial charge >= 0.3 is 0 Å². The van der Waals surface area contributed by atoms with Crippen LogP contribution in [0, 0.1) is 0 Å². The fraction of sp³-hybridized carbons (Fsp3) is 0. The van der Waals surface area contributed by atoms with Crippen molar-refractivity contribution in [3.8, 4) is 0 Å². The van der Waals surface area contributed by atoms with Crippen molar-refractivity contribution >= 4 is 21.2 Å². The summed E-state index contributed by atoms with van der Waals surface area (Å²) >= 11 is 0. The van der Waals surface area contributed by atoms with Crippen molar-refractivity contribution < 1.29 is 13.0 Å². The zero-order valence-electron chi connectivity index (χ0n) is 9.63. The molecule has 2 aromatic heterocycles. The molecule has 0 atom stereocenters. The van der Waals surface area contributed by atoms with Crippen molar-refractivity contribution in [1.29, 1.82) is 0 Å². The van der Waals surface area contributed by atoms with Crippen molar-refractivity contribution in [2.45, 2.75) is 4.90 Å². The van der Waals surface area contributed by atoms with Gasteiger partial charge in [-0.1, -0.05) is 18.2 Å². The summed E-state index contributed by atoms with van der Waals surface area (Å²) in [6, 6.07) is 7.42. The van der Waals surface area contributed by atoms with E-state index in [-0.39, 0.29) is 4.90 Å². The van der Waals surface area contributed by atoms with E-state index in [0.29, 0.717) is 0 Å². The summed E-state index contributed by atoms with van der Waals surface area (Å²) in [5.74, 6) is 0. The van der Waals surface area contributed by atoms with Crippen LogP contribution in [0.2, 0.25) is 0 Å². The van der Waals surface area contributed by atoms with Gasteiger partial charge in [-0.05, 0) is 12.1 Å². The van der Waals surface area contributed by atoms with Crippen molar-refractivity contribution in [3.05, 3.63) is 49.1 Å². The molecule has 19 heavy (non-hydrogen) atoms. The summed E-state index contributed by atoms with van der Waals surface area (Å²) in [6.07, 6.45) is 4.85. The van der Waals surface area contributed by atoms with E-state index in [1.165, 1.54) is 18.5 Å². The minimum Gasteiger partial charge on any atom is -0.282 e. The molecule has 0 aliphatic heterocycles. The van der Waals surface area contributed by atoms with Crippen LogP contribution in [0.15, 0.2) is 53.9 Å². The number of nitrogens with one attached hydrogen (secondary N) is 1. The summed E-state index contributed by atoms with van der Waals surface area (Å²) in [4.78, 5) is 7.67. The Hall–Kier alpha value is -2.32. The highest BCUT2D eigenvalue weighted by Gasteiger charge is 2.05. The van der Waals surface area contributed by atoms with Crippen LogP contribution < -0.4 is 0 Å². The van der Waals surface area contributed by atoms with Crippen LogP contribution >= 0.6 is 0 Å². The molecule has 0 unspecified atom stereocenters. The Bertz CT molecular complexity index is 725. The van der Waals surface area contributed by atoms with Crippen molar-refractivity contribution in [3.63, 3.8) is 0 Å². The summed E-state index contributed by atoms with van der Waals surface area (Å²) in [5.41, 5.74) is 1.72. The molecule has 3 rings (SSSR count). The Morgan fingerprint density at radius 1 is 1.11 bits per heavy atom. The van der Waals surface area contributed by atoms with E-state index in [0.717, 1.165) is 11.0 Å². The molecule has 0 bridgehead atoms. The minimum absolute atomic E-state index is 0.0741. The second-order valence-electron chi connectivity index (χ2n) is 3.48. The fourth-order valence-corrected chi connectivity index (χ4v) is 1.78. The maximum atomic E-state index is 10.4. The SMILES string of the molecule is O=S(=O)(O)c1ccccc1.c1ncc2[nH]ncc2n1. The van der Waals surface area contributed by atoms with Gasteiger partial charge in [0.1, 0.15) is 17.4 Å². The quantitative estimate of drug-likeness (QED) is 0.649. The van der Waals surface area contributed by atoms with Crippen molar-refractivity contribution in [2.75, 3.05) is 0 Å². The maximum Gasteiger partial charge on any atom is 0.294 e. The third-order valence-corrected chi connectivity index (χ3v) is 3.02. The highest BCUT2D eigenvalue weighted by Crippen LogP contribution is 2.05. The lowest BCUT2D eigenvalue weighted by Gasteiger charge is -1.92. The minimum atomic E-state index is -4.00. The molecule has 0 fully saturated rings. The summed E-state index contributed by atoms with van der Waals surface area (Å²) in [6.45, 7) is 0. The number of hydrogen-bond donors (Lipinski definition) is 2. The lowest BCUT2D eigenvalue weighted by atomic mass is 10.4. The first kappa shape index (κ1) is 13.1. The summed E-state index contributed by atoms with van der Waals surface area (Å²) in [7, 11) is -4.00. The Morgan fingerprint density at radius 3 is 2.42 bits per heavy atom. The van der Waals surface area contributed by atoms with Crippen LogP contribution in [-0.2, 0) is 10.1 Å². The van der Waals surface area contributed by atoms with Gasteiger partial charge in [0.2, 0.25) is 0 Å². The first-order valence-corrected chi connectivity index (χ1v) is 6.63. The topological polar surface area (TPSA) is 109 Å². The lowest BCUT2D eigenvalue weighted by Crippen LogP contribution is -1.96. The Labute approximate surface area is 109 Å². The largest absolute Gasteiger partial charge is 0.294 e. The Morgan fingerprint density at radius 2 is 1.84 bits per heavy atom. The van der Waals surface area contributed by atoms with Gasteiger partial charge in [0.25, 0.3) is 10.1 Å². The number of fused-ring (bicyclic) bond motifs is 1. The van der Waals surface area contributed by atoms with Gasteiger partial charge < -0.3 is 0 Å². The van der Waals surface area contributed by atoms with E-state index < -0.39 is 10.1 Å². The zero-order chi connectivity index (χ0) is 13.7. The molecule has 3 aromatic rings. The molecule has 2 heterocycles. The van der Waals surface area contributed by atoms with Crippen molar-refractivity contribution in [1.82, 2.24) is 20.2 Å². The Balaban J connectivity index is 0.000000141. The zero-order valence-corrected chi connectivity index (χ0v) is 10.4. The molecule has 0 spiro atoms. The number of hydrogen-bond acceptors (Lipinski definition) is 5.